The molecule has 1 heterocycles. The number of aliphatic hydroxyl groups excluding tert-OH is 2. The summed E-state index contributed by atoms with van der Waals surface area (Å²) in [6.07, 6.45) is -0.368. The van der Waals surface area contributed by atoms with Gasteiger partial charge in [0.25, 0.3) is 0 Å². The van der Waals surface area contributed by atoms with Gasteiger partial charge >= 0.3 is 5.97 Å². The third kappa shape index (κ3) is 6.93. The number of hydrogen-bond donors (Lipinski definition) is 4. The van der Waals surface area contributed by atoms with Crippen LogP contribution in [0.25, 0.3) is 0 Å². The number of nitrogens with one attached hydrogen (secondary N) is 1. The maximum atomic E-state index is 12.8. The molecule has 4 unspecified atom stereocenters. The number of phenolic OH excluding ortho intramolecular Hbond substituents is 1. The van der Waals surface area contributed by atoms with Crippen molar-refractivity contribution in [1.82, 2.24) is 5.32 Å². The summed E-state index contributed by atoms with van der Waals surface area (Å²) < 4.78 is 16.3. The molecule has 4 N–H and O–H groups in total. The molecular weight excluding hydrogens is 438 g/mol. The van der Waals surface area contributed by atoms with Gasteiger partial charge in [0.05, 0.1) is 25.9 Å². The van der Waals surface area contributed by atoms with Crippen molar-refractivity contribution in [2.45, 2.75) is 63.0 Å². The highest BCUT2D eigenvalue weighted by atomic mass is 16.5. The minimum Gasteiger partial charge on any atom is -0.504 e. The lowest BCUT2D eigenvalue weighted by atomic mass is 9.92. The predicted octanol–water partition coefficient (Wildman–Crippen LogP) is 2.50. The van der Waals surface area contributed by atoms with Crippen molar-refractivity contribution >= 4 is 5.97 Å². The second-order valence-corrected chi connectivity index (χ2v) is 8.50. The van der Waals surface area contributed by atoms with Gasteiger partial charge in [-0.25, -0.2) is 4.79 Å². The second-order valence-electron chi connectivity index (χ2n) is 8.50. The highest BCUT2D eigenvalue weighted by molar-refractivity contribution is 5.77. The van der Waals surface area contributed by atoms with E-state index in [0.717, 1.165) is 11.1 Å². The summed E-state index contributed by atoms with van der Waals surface area (Å²) in [4.78, 5) is 12.8. The third-order valence-corrected chi connectivity index (χ3v) is 6.12. The van der Waals surface area contributed by atoms with E-state index in [1.54, 1.807) is 19.1 Å². The summed E-state index contributed by atoms with van der Waals surface area (Å²) in [5.41, 5.74) is 1.74. The quantitative estimate of drug-likeness (QED) is 0.368. The number of benzene rings is 2. The number of phenols is 1. The molecule has 1 saturated heterocycles. The first-order valence-electron chi connectivity index (χ1n) is 11.7. The van der Waals surface area contributed by atoms with Crippen molar-refractivity contribution < 1.29 is 34.3 Å². The van der Waals surface area contributed by atoms with Crippen molar-refractivity contribution in [2.24, 2.45) is 0 Å². The molecule has 8 heteroatoms. The average molecular weight is 474 g/mol. The lowest BCUT2D eigenvalue weighted by molar-refractivity contribution is -0.147. The molecule has 0 amide bonds. The summed E-state index contributed by atoms with van der Waals surface area (Å²) in [7, 11) is 1.50. The Bertz CT molecular complexity index is 907. The highest BCUT2D eigenvalue weighted by Crippen LogP contribution is 2.28. The molecule has 34 heavy (non-hydrogen) atoms. The standard InChI is InChI=1S/C26H35NO7/c1-3-33-26(31)24(18-7-5-4-6-8-18)27-19(16-23-25(30)21(29)13-14-34-23)11-9-17-10-12-20(28)22(15-17)32-2/h4-8,10,12,15,19,21,23-25,27-30H,3,9,11,13-14,16H2,1-2H3/t19?,21?,23?,24?,25-/m1/s1. The van der Waals surface area contributed by atoms with Crippen LogP contribution in [0.4, 0.5) is 0 Å². The van der Waals surface area contributed by atoms with Crippen LogP contribution in [-0.2, 0) is 20.7 Å². The van der Waals surface area contributed by atoms with Gasteiger partial charge in [-0.3, -0.25) is 5.32 Å². The molecule has 1 fully saturated rings. The first kappa shape index (κ1) is 26.0. The molecule has 3 rings (SSSR count). The summed E-state index contributed by atoms with van der Waals surface area (Å²) in [6.45, 7) is 2.40. The molecule has 0 aromatic heterocycles. The van der Waals surface area contributed by atoms with Crippen LogP contribution in [-0.4, -0.2) is 66.0 Å². The van der Waals surface area contributed by atoms with Crippen LogP contribution in [0.2, 0.25) is 0 Å². The summed E-state index contributed by atoms with van der Waals surface area (Å²) in [6, 6.07) is 13.6. The number of carbonyl (C=O) groups excluding carboxylic acids is 1. The Morgan fingerprint density at radius 3 is 2.68 bits per heavy atom. The van der Waals surface area contributed by atoms with Crippen LogP contribution in [0.5, 0.6) is 11.5 Å². The fraction of sp³-hybridized carbons (Fsp3) is 0.500. The van der Waals surface area contributed by atoms with Gasteiger partial charge in [0.1, 0.15) is 12.1 Å². The number of methoxy groups -OCH3 is 1. The Labute approximate surface area is 200 Å². The smallest absolute Gasteiger partial charge is 0.327 e. The van der Waals surface area contributed by atoms with Crippen molar-refractivity contribution in [3.63, 3.8) is 0 Å². The molecule has 0 aliphatic carbocycles. The lowest BCUT2D eigenvalue weighted by Gasteiger charge is -2.35. The van der Waals surface area contributed by atoms with Crippen LogP contribution < -0.4 is 10.1 Å². The van der Waals surface area contributed by atoms with Gasteiger partial charge in [-0.1, -0.05) is 36.4 Å². The molecule has 0 spiro atoms. The number of hydrogen-bond acceptors (Lipinski definition) is 8. The number of rotatable bonds is 11. The molecule has 186 valence electrons. The Hall–Kier alpha value is -2.65. The largest absolute Gasteiger partial charge is 0.504 e. The van der Waals surface area contributed by atoms with E-state index in [4.69, 9.17) is 14.2 Å². The molecule has 0 radical (unpaired) electrons. The Balaban J connectivity index is 1.81. The Kier molecular flexibility index (Phi) is 9.71. The fourth-order valence-corrected chi connectivity index (χ4v) is 4.24. The molecule has 0 saturated carbocycles. The van der Waals surface area contributed by atoms with Gasteiger partial charge in [-0.2, -0.15) is 0 Å². The lowest BCUT2D eigenvalue weighted by Crippen LogP contribution is -2.48. The van der Waals surface area contributed by atoms with Gasteiger partial charge in [0, 0.05) is 12.6 Å². The van der Waals surface area contributed by atoms with E-state index < -0.39 is 24.4 Å². The number of ether oxygens (including phenoxy) is 3. The number of aryl methyl sites for hydroxylation is 1. The topological polar surface area (TPSA) is 117 Å². The van der Waals surface area contributed by atoms with Gasteiger partial charge in [0.15, 0.2) is 11.5 Å². The predicted molar refractivity (Wildman–Crippen MR) is 127 cm³/mol. The normalized spacial score (nSPS) is 22.1. The maximum Gasteiger partial charge on any atom is 0.327 e. The molecule has 8 nitrogen and oxygen atoms in total. The van der Waals surface area contributed by atoms with E-state index in [0.29, 0.717) is 38.0 Å². The van der Waals surface area contributed by atoms with E-state index >= 15 is 0 Å². The first-order chi connectivity index (χ1) is 16.4. The van der Waals surface area contributed by atoms with Gasteiger partial charge in [-0.15, -0.1) is 0 Å². The van der Waals surface area contributed by atoms with Crippen molar-refractivity contribution in [1.29, 1.82) is 0 Å². The monoisotopic (exact) mass is 473 g/mol. The van der Waals surface area contributed by atoms with E-state index in [1.165, 1.54) is 7.11 Å². The zero-order valence-corrected chi connectivity index (χ0v) is 19.7. The van der Waals surface area contributed by atoms with Gasteiger partial charge in [-0.05, 0) is 55.9 Å². The van der Waals surface area contributed by atoms with E-state index in [2.05, 4.69) is 5.32 Å². The molecule has 2 aromatic rings. The zero-order chi connectivity index (χ0) is 24.5. The number of aromatic hydroxyl groups is 1. The first-order valence-corrected chi connectivity index (χ1v) is 11.7. The van der Waals surface area contributed by atoms with E-state index in [1.807, 2.05) is 36.4 Å². The molecule has 1 aliphatic rings. The van der Waals surface area contributed by atoms with Crippen LogP contribution in [0.1, 0.15) is 43.4 Å². The van der Waals surface area contributed by atoms with Crippen LogP contribution in [0.3, 0.4) is 0 Å². The second kappa shape index (κ2) is 12.7. The molecule has 2 aromatic carbocycles. The number of esters is 1. The van der Waals surface area contributed by atoms with Gasteiger partial charge in [0.2, 0.25) is 0 Å². The van der Waals surface area contributed by atoms with Crippen molar-refractivity contribution in [3.8, 4) is 11.5 Å². The van der Waals surface area contributed by atoms with Crippen LogP contribution >= 0.6 is 0 Å². The third-order valence-electron chi connectivity index (χ3n) is 6.12. The maximum absolute atomic E-state index is 12.8. The number of aliphatic hydroxyl groups is 2. The average Bonchev–Trinajstić information content (AvgIpc) is 2.85. The highest BCUT2D eigenvalue weighted by Gasteiger charge is 2.34. The zero-order valence-electron chi connectivity index (χ0n) is 19.7. The number of carbonyl (C=O) groups is 1. The summed E-state index contributed by atoms with van der Waals surface area (Å²) in [5, 5.41) is 33.9. The van der Waals surface area contributed by atoms with Crippen molar-refractivity contribution in [3.05, 3.63) is 59.7 Å². The molecular formula is C26H35NO7. The Morgan fingerprint density at radius 2 is 1.97 bits per heavy atom. The van der Waals surface area contributed by atoms with E-state index in [9.17, 15) is 20.1 Å². The SMILES string of the molecule is CCOC(=O)C(NC(CCc1ccc(O)c(OC)c1)CC1OCCC(O)[C@H]1O)c1ccccc1. The summed E-state index contributed by atoms with van der Waals surface area (Å²) >= 11 is 0. The fourth-order valence-electron chi connectivity index (χ4n) is 4.24. The van der Waals surface area contributed by atoms with Crippen molar-refractivity contribution in [2.75, 3.05) is 20.3 Å². The van der Waals surface area contributed by atoms with E-state index in [-0.39, 0.29) is 24.4 Å². The molecule has 0 bridgehead atoms. The molecule has 5 atom stereocenters. The van der Waals surface area contributed by atoms with Crippen LogP contribution in [0.15, 0.2) is 48.5 Å². The van der Waals surface area contributed by atoms with Crippen LogP contribution in [0, 0.1) is 0 Å². The summed E-state index contributed by atoms with van der Waals surface area (Å²) in [5.74, 6) is 0.0834. The Morgan fingerprint density at radius 1 is 1.21 bits per heavy atom. The molecule has 1 aliphatic heterocycles. The van der Waals surface area contributed by atoms with Gasteiger partial charge < -0.3 is 29.5 Å². The minimum absolute atomic E-state index is 0.0695. The minimum atomic E-state index is -0.996.